The molecule has 43 heavy (non-hydrogen) atoms. The number of imide groups is 1. The van der Waals surface area contributed by atoms with Gasteiger partial charge in [0.25, 0.3) is 5.91 Å². The van der Waals surface area contributed by atoms with Gasteiger partial charge in [0.05, 0.1) is 13.5 Å². The summed E-state index contributed by atoms with van der Waals surface area (Å²) in [6.07, 6.45) is 1.13. The molecule has 4 rings (SSSR count). The van der Waals surface area contributed by atoms with Crippen LogP contribution in [0.25, 0.3) is 0 Å². The third kappa shape index (κ3) is 7.65. The quantitative estimate of drug-likeness (QED) is 0.139. The lowest BCUT2D eigenvalue weighted by molar-refractivity contribution is -0.156. The van der Waals surface area contributed by atoms with E-state index >= 15 is 0 Å². The molecule has 1 aromatic rings. The van der Waals surface area contributed by atoms with Gasteiger partial charge in [0.2, 0.25) is 11.8 Å². The summed E-state index contributed by atoms with van der Waals surface area (Å²) in [6, 6.07) is 5.87. The summed E-state index contributed by atoms with van der Waals surface area (Å²) in [5.74, 6) is -2.43. The van der Waals surface area contributed by atoms with Crippen LogP contribution in [0.2, 0.25) is 0 Å². The molecule has 0 aliphatic carbocycles. The average Bonchev–Trinajstić information content (AvgIpc) is 3.34. The molecule has 0 radical (unpaired) electrons. The van der Waals surface area contributed by atoms with Crippen LogP contribution in [0.1, 0.15) is 38.2 Å². The van der Waals surface area contributed by atoms with Crippen LogP contribution in [0.15, 0.2) is 36.0 Å². The largest absolute Gasteiger partial charge is 0.497 e. The smallest absolute Gasteiger partial charge is 0.408 e. The number of esters is 2. The lowest BCUT2D eigenvalue weighted by atomic mass is 10.0. The number of amides is 4. The number of carbonyl (C=O) groups excluding carboxylic acids is 6. The second-order valence-electron chi connectivity index (χ2n) is 10.0. The number of hydrogen-bond acceptors (Lipinski definition) is 12. The molecule has 4 atom stereocenters. The number of methoxy groups -OCH3 is 1. The van der Waals surface area contributed by atoms with E-state index in [1.54, 1.807) is 24.3 Å². The predicted octanol–water partition coefficient (Wildman–Crippen LogP) is 1.06. The highest BCUT2D eigenvalue weighted by molar-refractivity contribution is 8.01. The Kier molecular flexibility index (Phi) is 10.6. The van der Waals surface area contributed by atoms with E-state index in [9.17, 15) is 33.9 Å². The van der Waals surface area contributed by atoms with E-state index in [2.05, 4.69) is 5.32 Å². The van der Waals surface area contributed by atoms with Crippen molar-refractivity contribution in [3.8, 4) is 5.75 Å². The number of aliphatic hydroxyl groups is 1. The number of benzene rings is 1. The van der Waals surface area contributed by atoms with E-state index in [1.165, 1.54) is 18.2 Å². The highest BCUT2D eigenvalue weighted by atomic mass is 32.2. The maximum atomic E-state index is 13.2. The molecule has 0 saturated carbocycles. The summed E-state index contributed by atoms with van der Waals surface area (Å²) in [5, 5.41) is 10.1. The summed E-state index contributed by atoms with van der Waals surface area (Å²) in [4.78, 5) is 76.9. The van der Waals surface area contributed by atoms with Gasteiger partial charge in [-0.25, -0.2) is 9.69 Å². The summed E-state index contributed by atoms with van der Waals surface area (Å²) in [6.45, 7) is 0.681. The van der Waals surface area contributed by atoms with Crippen molar-refractivity contribution in [2.75, 3.05) is 27.1 Å². The molecule has 14 nitrogen and oxygen atoms in total. The van der Waals surface area contributed by atoms with Gasteiger partial charge in [0, 0.05) is 31.2 Å². The monoisotopic (exact) mass is 619 g/mol. The zero-order valence-electron chi connectivity index (χ0n) is 23.7. The van der Waals surface area contributed by atoms with E-state index in [1.807, 2.05) is 6.92 Å². The minimum absolute atomic E-state index is 0.0301. The number of hydrogen-bond donors (Lipinski definition) is 2. The fraction of sp³-hybridized carbons (Fsp3) is 0.500. The SMILES string of the molecule is CCC(CO)CC(=O)OCC1=CN2C(=O)C(NC(=O)OCc3ccc(OC)cc3)[C@H]2SC1C(=O)OCN1C(=O)CCC1=O. The van der Waals surface area contributed by atoms with Crippen molar-refractivity contribution in [2.24, 2.45) is 5.92 Å². The number of likely N-dealkylation sites (tertiary alicyclic amines) is 1. The van der Waals surface area contributed by atoms with Gasteiger partial charge in [-0.05, 0) is 23.6 Å². The van der Waals surface area contributed by atoms with Crippen molar-refractivity contribution in [3.05, 3.63) is 41.6 Å². The number of nitrogens with zero attached hydrogens (tertiary/aromatic N) is 2. The van der Waals surface area contributed by atoms with Crippen molar-refractivity contribution >= 4 is 47.5 Å². The second-order valence-corrected chi connectivity index (χ2v) is 11.3. The number of carbonyl (C=O) groups is 6. The van der Waals surface area contributed by atoms with Gasteiger partial charge < -0.3 is 34.3 Å². The molecule has 1 aromatic carbocycles. The first-order valence-electron chi connectivity index (χ1n) is 13.7. The Morgan fingerprint density at radius 1 is 1.05 bits per heavy atom. The van der Waals surface area contributed by atoms with Gasteiger partial charge >= 0.3 is 18.0 Å². The van der Waals surface area contributed by atoms with Crippen LogP contribution in [0.4, 0.5) is 4.79 Å². The fourth-order valence-corrected chi connectivity index (χ4v) is 5.90. The van der Waals surface area contributed by atoms with Crippen LogP contribution in [0, 0.1) is 5.92 Å². The van der Waals surface area contributed by atoms with Gasteiger partial charge in [-0.1, -0.05) is 25.5 Å². The third-order valence-corrected chi connectivity index (χ3v) is 8.74. The summed E-state index contributed by atoms with van der Waals surface area (Å²) in [5.41, 5.74) is 0.943. The molecule has 232 valence electrons. The van der Waals surface area contributed by atoms with Crippen molar-refractivity contribution < 1.29 is 52.8 Å². The van der Waals surface area contributed by atoms with Crippen LogP contribution in [-0.4, -0.2) is 94.4 Å². The summed E-state index contributed by atoms with van der Waals surface area (Å²) < 4.78 is 21.0. The predicted molar refractivity (Wildman–Crippen MR) is 149 cm³/mol. The average molecular weight is 620 g/mol. The Hall–Kier alpha value is -4.11. The number of aliphatic hydroxyl groups excluding tert-OH is 1. The fourth-order valence-electron chi connectivity index (χ4n) is 4.50. The van der Waals surface area contributed by atoms with E-state index in [4.69, 9.17) is 18.9 Å². The molecule has 0 aromatic heterocycles. The Bertz CT molecular complexity index is 1270. The molecule has 3 heterocycles. The molecule has 2 N–H and O–H groups in total. The summed E-state index contributed by atoms with van der Waals surface area (Å²) >= 11 is 0.987. The van der Waals surface area contributed by atoms with Gasteiger partial charge in [-0.15, -0.1) is 11.8 Å². The second kappa shape index (κ2) is 14.4. The molecule has 2 fully saturated rings. The maximum absolute atomic E-state index is 13.2. The standard InChI is InChI=1S/C28H33N3O11S/c1-3-16(12-32)10-22(35)40-14-18-11-30-25(36)23(29-28(38)41-13-17-4-6-19(39-2)7-5-17)26(30)43-24(18)27(37)42-15-31-20(33)8-9-21(31)34/h4-7,11,16,23-24,26,32H,3,8-10,12-15H2,1-2H3,(H,29,38)/t16?,23?,24?,26-/m1/s1. The van der Waals surface area contributed by atoms with E-state index in [0.717, 1.165) is 16.7 Å². The highest BCUT2D eigenvalue weighted by Crippen LogP contribution is 2.41. The van der Waals surface area contributed by atoms with E-state index < -0.39 is 59.1 Å². The van der Waals surface area contributed by atoms with E-state index in [0.29, 0.717) is 17.7 Å². The van der Waals surface area contributed by atoms with E-state index in [-0.39, 0.29) is 50.6 Å². The van der Waals surface area contributed by atoms with Crippen molar-refractivity contribution in [1.29, 1.82) is 0 Å². The third-order valence-electron chi connectivity index (χ3n) is 7.19. The number of alkyl carbamates (subject to hydrolysis) is 1. The van der Waals surface area contributed by atoms with Gasteiger partial charge in [0.15, 0.2) is 6.73 Å². The lowest BCUT2D eigenvalue weighted by Crippen LogP contribution is -2.69. The number of ether oxygens (including phenoxy) is 4. The molecule has 4 amide bonds. The van der Waals surface area contributed by atoms with Crippen molar-refractivity contribution in [2.45, 2.75) is 55.9 Å². The molecule has 3 unspecified atom stereocenters. The van der Waals surface area contributed by atoms with Crippen molar-refractivity contribution in [3.63, 3.8) is 0 Å². The number of fused-ring (bicyclic) bond motifs is 1. The Labute approximate surface area is 251 Å². The topological polar surface area (TPSA) is 178 Å². The Morgan fingerprint density at radius 2 is 1.74 bits per heavy atom. The normalized spacial score (nSPS) is 21.8. The zero-order chi connectivity index (χ0) is 31.1. The van der Waals surface area contributed by atoms with Crippen LogP contribution in [0.3, 0.4) is 0 Å². The minimum Gasteiger partial charge on any atom is -0.497 e. The number of thioether (sulfide) groups is 1. The molecule has 2 saturated heterocycles. The van der Waals surface area contributed by atoms with Gasteiger partial charge in [0.1, 0.15) is 35.6 Å². The summed E-state index contributed by atoms with van der Waals surface area (Å²) in [7, 11) is 1.53. The minimum atomic E-state index is -1.07. The number of β-lactam (4-membered cyclic amide) rings is 1. The number of rotatable bonds is 13. The first kappa shape index (κ1) is 31.8. The Morgan fingerprint density at radius 3 is 2.37 bits per heavy atom. The molecular weight excluding hydrogens is 586 g/mol. The Balaban J connectivity index is 1.40. The molecule has 15 heteroatoms. The lowest BCUT2D eigenvalue weighted by Gasteiger charge is -2.48. The zero-order valence-corrected chi connectivity index (χ0v) is 24.5. The van der Waals surface area contributed by atoms with Crippen molar-refractivity contribution in [1.82, 2.24) is 15.1 Å². The molecule has 3 aliphatic rings. The van der Waals surface area contributed by atoms with Crippen LogP contribution < -0.4 is 10.1 Å². The van der Waals surface area contributed by atoms with Crippen LogP contribution in [0.5, 0.6) is 5.75 Å². The molecule has 3 aliphatic heterocycles. The maximum Gasteiger partial charge on any atom is 0.408 e. The molecule has 0 bridgehead atoms. The number of nitrogens with one attached hydrogen (secondary N) is 1. The van der Waals surface area contributed by atoms with Gasteiger partial charge in [-0.2, -0.15) is 0 Å². The highest BCUT2D eigenvalue weighted by Gasteiger charge is 2.53. The molecular formula is C28H33N3O11S. The molecule has 0 spiro atoms. The first-order chi connectivity index (χ1) is 20.6. The van der Waals surface area contributed by atoms with Crippen LogP contribution >= 0.6 is 11.8 Å². The van der Waals surface area contributed by atoms with Crippen LogP contribution in [-0.2, 0) is 44.8 Å². The first-order valence-corrected chi connectivity index (χ1v) is 14.6. The van der Waals surface area contributed by atoms with Gasteiger partial charge in [-0.3, -0.25) is 24.0 Å².